The first-order chi connectivity index (χ1) is 15.4. The summed E-state index contributed by atoms with van der Waals surface area (Å²) in [5, 5.41) is 11.4. The van der Waals surface area contributed by atoms with Crippen molar-refractivity contribution >= 4 is 43.7 Å². The van der Waals surface area contributed by atoms with Gasteiger partial charge in [0.15, 0.2) is 0 Å². The molecular weight excluding hydrogens is 374 g/mol. The third kappa shape index (κ3) is 3.03. The molecule has 6 aromatic rings. The van der Waals surface area contributed by atoms with E-state index >= 15 is 0 Å². The van der Waals surface area contributed by atoms with Crippen LogP contribution in [0.15, 0.2) is 121 Å². The van der Waals surface area contributed by atoms with Crippen molar-refractivity contribution in [2.75, 3.05) is 5.32 Å². The van der Waals surface area contributed by atoms with Crippen molar-refractivity contribution in [1.82, 2.24) is 0 Å². The molecule has 0 fully saturated rings. The first-order valence-corrected chi connectivity index (χ1v) is 10.6. The lowest BCUT2D eigenvalue weighted by Crippen LogP contribution is -1.93. The van der Waals surface area contributed by atoms with Gasteiger partial charge in [-0.05, 0) is 56.3 Å². The molecule has 0 aromatic heterocycles. The Bertz CT molecular complexity index is 1490. The van der Waals surface area contributed by atoms with Gasteiger partial charge in [0.2, 0.25) is 0 Å². The third-order valence-corrected chi connectivity index (χ3v) is 6.04. The Morgan fingerprint density at radius 1 is 0.355 bits per heavy atom. The molecule has 6 rings (SSSR count). The molecule has 146 valence electrons. The van der Waals surface area contributed by atoms with Crippen LogP contribution >= 0.6 is 0 Å². The number of anilines is 2. The van der Waals surface area contributed by atoms with E-state index in [4.69, 9.17) is 0 Å². The molecule has 0 saturated carbocycles. The van der Waals surface area contributed by atoms with E-state index < -0.39 is 0 Å². The van der Waals surface area contributed by atoms with Crippen molar-refractivity contribution in [1.29, 1.82) is 0 Å². The Balaban J connectivity index is 1.51. The third-order valence-electron chi connectivity index (χ3n) is 6.04. The lowest BCUT2D eigenvalue weighted by atomic mass is 9.93. The van der Waals surface area contributed by atoms with Crippen molar-refractivity contribution in [3.8, 4) is 11.1 Å². The van der Waals surface area contributed by atoms with Gasteiger partial charge in [-0.25, -0.2) is 0 Å². The highest BCUT2D eigenvalue weighted by molar-refractivity contribution is 6.28. The molecule has 0 saturated heterocycles. The number of hydrogen-bond donors (Lipinski definition) is 1. The molecule has 6 aromatic carbocycles. The largest absolute Gasteiger partial charge is 0.355 e. The van der Waals surface area contributed by atoms with E-state index in [1.165, 1.54) is 43.4 Å². The van der Waals surface area contributed by atoms with Crippen molar-refractivity contribution < 1.29 is 0 Å². The van der Waals surface area contributed by atoms with Gasteiger partial charge in [-0.3, -0.25) is 0 Å². The molecule has 0 heterocycles. The van der Waals surface area contributed by atoms with Gasteiger partial charge < -0.3 is 5.32 Å². The average molecular weight is 396 g/mol. The standard InChI is InChI=1S/C30H21N/c1-2-9-21(10-3-1)22-17-19-23(20-18-22)31-29-16-8-15-28-26-12-5-4-11-24(26)25-13-6-7-14-27(25)30(28)29/h1-20,31H. The van der Waals surface area contributed by atoms with Crippen LogP contribution in [0.25, 0.3) is 43.4 Å². The van der Waals surface area contributed by atoms with Crippen LogP contribution in [0, 0.1) is 0 Å². The molecule has 1 heteroatoms. The summed E-state index contributed by atoms with van der Waals surface area (Å²) in [5.74, 6) is 0. The van der Waals surface area contributed by atoms with Gasteiger partial charge >= 0.3 is 0 Å². The number of benzene rings is 6. The van der Waals surface area contributed by atoms with E-state index in [2.05, 4.69) is 121 Å². The van der Waals surface area contributed by atoms with Crippen LogP contribution in [-0.4, -0.2) is 0 Å². The van der Waals surface area contributed by atoms with Crippen molar-refractivity contribution in [3.05, 3.63) is 121 Å². The van der Waals surface area contributed by atoms with E-state index in [-0.39, 0.29) is 0 Å². The van der Waals surface area contributed by atoms with E-state index in [1.54, 1.807) is 0 Å². The first kappa shape index (κ1) is 17.7. The van der Waals surface area contributed by atoms with Crippen molar-refractivity contribution in [2.45, 2.75) is 0 Å². The maximum Gasteiger partial charge on any atom is 0.0470 e. The Hall–Kier alpha value is -4.10. The van der Waals surface area contributed by atoms with E-state index in [0.29, 0.717) is 0 Å². The minimum absolute atomic E-state index is 1.09. The maximum atomic E-state index is 3.68. The lowest BCUT2D eigenvalue weighted by molar-refractivity contribution is 1.56. The van der Waals surface area contributed by atoms with Gasteiger partial charge in [-0.15, -0.1) is 0 Å². The van der Waals surface area contributed by atoms with Crippen LogP contribution < -0.4 is 5.32 Å². The molecule has 31 heavy (non-hydrogen) atoms. The maximum absolute atomic E-state index is 3.68. The highest BCUT2D eigenvalue weighted by atomic mass is 14.9. The van der Waals surface area contributed by atoms with Gasteiger partial charge in [0, 0.05) is 16.8 Å². The molecular formula is C30H21N. The van der Waals surface area contributed by atoms with Crippen LogP contribution in [-0.2, 0) is 0 Å². The Morgan fingerprint density at radius 2 is 0.839 bits per heavy atom. The molecule has 0 bridgehead atoms. The minimum atomic E-state index is 1.09. The molecule has 0 aliphatic rings. The number of nitrogens with one attached hydrogen (secondary N) is 1. The van der Waals surface area contributed by atoms with Crippen LogP contribution in [0.5, 0.6) is 0 Å². The predicted molar refractivity (Wildman–Crippen MR) is 134 cm³/mol. The molecule has 0 radical (unpaired) electrons. The lowest BCUT2D eigenvalue weighted by Gasteiger charge is -2.15. The molecule has 1 nitrogen and oxygen atoms in total. The second kappa shape index (κ2) is 7.30. The van der Waals surface area contributed by atoms with Gasteiger partial charge in [0.25, 0.3) is 0 Å². The van der Waals surface area contributed by atoms with E-state index in [9.17, 15) is 0 Å². The summed E-state index contributed by atoms with van der Waals surface area (Å²) in [4.78, 5) is 0. The fourth-order valence-corrected chi connectivity index (χ4v) is 4.59. The van der Waals surface area contributed by atoms with E-state index in [1.807, 2.05) is 6.07 Å². The Morgan fingerprint density at radius 3 is 1.48 bits per heavy atom. The summed E-state index contributed by atoms with van der Waals surface area (Å²) in [6, 6.07) is 43.1. The fourth-order valence-electron chi connectivity index (χ4n) is 4.59. The van der Waals surface area contributed by atoms with Crippen LogP contribution in [0.2, 0.25) is 0 Å². The van der Waals surface area contributed by atoms with Crippen LogP contribution in [0.3, 0.4) is 0 Å². The van der Waals surface area contributed by atoms with Gasteiger partial charge in [0.1, 0.15) is 0 Å². The molecule has 0 amide bonds. The second-order valence-corrected chi connectivity index (χ2v) is 7.89. The number of fused-ring (bicyclic) bond motifs is 6. The van der Waals surface area contributed by atoms with Crippen LogP contribution in [0.1, 0.15) is 0 Å². The second-order valence-electron chi connectivity index (χ2n) is 7.89. The topological polar surface area (TPSA) is 12.0 Å². The smallest absolute Gasteiger partial charge is 0.0470 e. The quantitative estimate of drug-likeness (QED) is 0.296. The molecule has 0 spiro atoms. The fraction of sp³-hybridized carbons (Fsp3) is 0. The van der Waals surface area contributed by atoms with Crippen LogP contribution in [0.4, 0.5) is 11.4 Å². The van der Waals surface area contributed by atoms with Gasteiger partial charge in [0.05, 0.1) is 0 Å². The van der Waals surface area contributed by atoms with Gasteiger partial charge in [-0.1, -0.05) is 103 Å². The SMILES string of the molecule is c1ccc(-c2ccc(Nc3cccc4c5ccccc5c5ccccc5c34)cc2)cc1. The molecule has 0 aliphatic heterocycles. The normalized spacial score (nSPS) is 11.2. The zero-order chi connectivity index (χ0) is 20.6. The Kier molecular flexibility index (Phi) is 4.18. The van der Waals surface area contributed by atoms with E-state index in [0.717, 1.165) is 11.4 Å². The minimum Gasteiger partial charge on any atom is -0.355 e. The molecule has 0 unspecified atom stereocenters. The highest BCUT2D eigenvalue weighted by Crippen LogP contribution is 2.39. The first-order valence-electron chi connectivity index (χ1n) is 10.6. The van der Waals surface area contributed by atoms with Gasteiger partial charge in [-0.2, -0.15) is 0 Å². The molecule has 1 N–H and O–H groups in total. The van der Waals surface area contributed by atoms with Crippen molar-refractivity contribution in [3.63, 3.8) is 0 Å². The summed E-state index contributed by atoms with van der Waals surface area (Å²) in [7, 11) is 0. The highest BCUT2D eigenvalue weighted by Gasteiger charge is 2.11. The summed E-state index contributed by atoms with van der Waals surface area (Å²) < 4.78 is 0. The summed E-state index contributed by atoms with van der Waals surface area (Å²) in [5.41, 5.74) is 4.67. The number of rotatable bonds is 3. The summed E-state index contributed by atoms with van der Waals surface area (Å²) in [6.07, 6.45) is 0. The zero-order valence-electron chi connectivity index (χ0n) is 17.0. The molecule has 0 atom stereocenters. The average Bonchev–Trinajstić information content (AvgIpc) is 2.85. The Labute approximate surface area is 181 Å². The summed E-state index contributed by atoms with van der Waals surface area (Å²) >= 11 is 0. The predicted octanol–water partition coefficient (Wildman–Crippen LogP) is 8.56. The van der Waals surface area contributed by atoms with Crippen molar-refractivity contribution in [2.24, 2.45) is 0 Å². The number of hydrogen-bond acceptors (Lipinski definition) is 1. The summed E-state index contributed by atoms with van der Waals surface area (Å²) in [6.45, 7) is 0. The zero-order valence-corrected chi connectivity index (χ0v) is 17.0. The monoisotopic (exact) mass is 395 g/mol. The molecule has 0 aliphatic carbocycles.